The second-order valence-corrected chi connectivity index (χ2v) is 13.0. The first-order valence-corrected chi connectivity index (χ1v) is 15.7. The summed E-state index contributed by atoms with van der Waals surface area (Å²) in [4.78, 5) is 14.8. The fraction of sp³-hybridized carbons (Fsp3) is 0.314. The van der Waals surface area contributed by atoms with Crippen LogP contribution in [0.5, 0.6) is 0 Å². The first-order valence-electron chi connectivity index (χ1n) is 14.4. The van der Waals surface area contributed by atoms with Crippen molar-refractivity contribution >= 4 is 41.1 Å². The van der Waals surface area contributed by atoms with Gasteiger partial charge in [0.05, 0.1) is 16.8 Å². The normalized spacial score (nSPS) is 12.0. The number of hydrogen-bond donors (Lipinski definition) is 1. The quantitative estimate of drug-likeness (QED) is 0.164. The van der Waals surface area contributed by atoms with Crippen LogP contribution in [0.3, 0.4) is 0 Å². The molecule has 0 saturated carbocycles. The predicted molar refractivity (Wildman–Crippen MR) is 178 cm³/mol. The molecule has 4 rings (SSSR count). The Bertz CT molecular complexity index is 1520. The molecular weight excluding hydrogens is 562 g/mol. The zero-order valence-electron chi connectivity index (χ0n) is 25.1. The smallest absolute Gasteiger partial charge is 0.342 e. The highest BCUT2D eigenvalue weighted by Gasteiger charge is 2.16. The van der Waals surface area contributed by atoms with Gasteiger partial charge in [0.25, 0.3) is 0 Å². The number of aliphatic carboxylic acids is 1. The number of carboxylic acids is 1. The molecule has 0 unspecified atom stereocenters. The van der Waals surface area contributed by atoms with Crippen molar-refractivity contribution in [2.45, 2.75) is 65.2 Å². The van der Waals surface area contributed by atoms with Gasteiger partial charge in [0, 0.05) is 40.8 Å². The van der Waals surface area contributed by atoms with E-state index in [4.69, 9.17) is 11.6 Å². The van der Waals surface area contributed by atoms with Crippen LogP contribution in [0.25, 0.3) is 11.8 Å². The lowest BCUT2D eigenvalue weighted by atomic mass is 9.87. The molecule has 7 heteroatoms. The van der Waals surface area contributed by atoms with Crippen LogP contribution in [0.4, 0.5) is 5.69 Å². The Labute approximate surface area is 259 Å². The van der Waals surface area contributed by atoms with Crippen molar-refractivity contribution in [3.63, 3.8) is 0 Å². The lowest BCUT2D eigenvalue weighted by molar-refractivity contribution is -0.131. The van der Waals surface area contributed by atoms with Crippen molar-refractivity contribution in [3.8, 4) is 5.69 Å². The lowest BCUT2D eigenvalue weighted by Gasteiger charge is -2.25. The number of halogens is 1. The summed E-state index contributed by atoms with van der Waals surface area (Å²) in [5, 5.41) is 15.3. The van der Waals surface area contributed by atoms with Crippen LogP contribution in [-0.4, -0.2) is 27.4 Å². The molecule has 0 aliphatic heterocycles. The number of thioether (sulfide) groups is 1. The second kappa shape index (κ2) is 14.1. The van der Waals surface area contributed by atoms with Gasteiger partial charge in [-0.05, 0) is 77.9 Å². The minimum atomic E-state index is -0.912. The molecule has 5 nitrogen and oxygen atoms in total. The van der Waals surface area contributed by atoms with E-state index in [2.05, 4.69) is 81.0 Å². The summed E-state index contributed by atoms with van der Waals surface area (Å²) in [6.07, 6.45) is 5.84. The summed E-state index contributed by atoms with van der Waals surface area (Å²) < 4.78 is 1.94. The molecule has 4 aromatic rings. The van der Waals surface area contributed by atoms with Gasteiger partial charge in [-0.1, -0.05) is 82.1 Å². The van der Waals surface area contributed by atoms with Gasteiger partial charge in [-0.15, -0.1) is 11.8 Å². The topological polar surface area (TPSA) is 58.4 Å². The average Bonchev–Trinajstić information content (AvgIpc) is 3.33. The standard InChI is InChI=1S/C35H40ClN3O2S/c1-6-7-19-38(23-28-22-37-39(25(28)2)31-17-15-30(36)16-18-31)32-10-8-9-27(20-32)21-33(34(40)41)42-24-26-11-13-29(14-12-26)35(3,4)5/h8-18,20-22H,6-7,19,23-24H2,1-5H3,(H,40,41). The number of aromatic nitrogens is 2. The molecule has 3 aromatic carbocycles. The molecule has 220 valence electrons. The molecule has 1 aromatic heterocycles. The number of anilines is 1. The minimum absolute atomic E-state index is 0.0870. The first kappa shape index (κ1) is 31.5. The lowest BCUT2D eigenvalue weighted by Crippen LogP contribution is -2.24. The molecule has 0 aliphatic rings. The monoisotopic (exact) mass is 601 g/mol. The molecule has 1 heterocycles. The van der Waals surface area contributed by atoms with E-state index < -0.39 is 5.97 Å². The molecule has 0 aliphatic carbocycles. The van der Waals surface area contributed by atoms with E-state index in [0.717, 1.165) is 53.1 Å². The van der Waals surface area contributed by atoms with Gasteiger partial charge in [-0.25, -0.2) is 9.48 Å². The predicted octanol–water partition coefficient (Wildman–Crippen LogP) is 9.30. The summed E-state index contributed by atoms with van der Waals surface area (Å²) in [5.74, 6) is -0.313. The van der Waals surface area contributed by atoms with Gasteiger partial charge in [0.2, 0.25) is 0 Å². The third-order valence-electron chi connectivity index (χ3n) is 7.28. The molecule has 0 radical (unpaired) electrons. The number of benzene rings is 3. The molecule has 0 saturated heterocycles. The Kier molecular flexibility index (Phi) is 10.6. The van der Waals surface area contributed by atoms with E-state index >= 15 is 0 Å². The molecule has 0 atom stereocenters. The van der Waals surface area contributed by atoms with Gasteiger partial charge >= 0.3 is 5.97 Å². The number of unbranched alkanes of at least 4 members (excludes halogenated alkanes) is 1. The van der Waals surface area contributed by atoms with E-state index in [0.29, 0.717) is 22.2 Å². The fourth-order valence-electron chi connectivity index (χ4n) is 4.69. The van der Waals surface area contributed by atoms with Gasteiger partial charge in [-0.3, -0.25) is 0 Å². The van der Waals surface area contributed by atoms with Crippen LogP contribution in [-0.2, 0) is 22.5 Å². The Morgan fingerprint density at radius 3 is 2.43 bits per heavy atom. The van der Waals surface area contributed by atoms with Crippen LogP contribution < -0.4 is 4.90 Å². The number of hydrogen-bond acceptors (Lipinski definition) is 4. The molecule has 0 spiro atoms. The summed E-state index contributed by atoms with van der Waals surface area (Å²) in [6, 6.07) is 24.3. The van der Waals surface area contributed by atoms with Crippen LogP contribution in [0, 0.1) is 6.92 Å². The highest BCUT2D eigenvalue weighted by atomic mass is 35.5. The Morgan fingerprint density at radius 2 is 1.79 bits per heavy atom. The highest BCUT2D eigenvalue weighted by molar-refractivity contribution is 8.03. The zero-order chi connectivity index (χ0) is 30.3. The van der Waals surface area contributed by atoms with E-state index in [1.165, 1.54) is 17.3 Å². The molecular formula is C35H40ClN3O2S. The largest absolute Gasteiger partial charge is 0.477 e. The number of carboxylic acid groups (broad SMARTS) is 1. The summed E-state index contributed by atoms with van der Waals surface area (Å²) in [6.45, 7) is 12.4. The Hall–Kier alpha value is -3.48. The van der Waals surface area contributed by atoms with Gasteiger partial charge < -0.3 is 10.0 Å². The molecule has 42 heavy (non-hydrogen) atoms. The third kappa shape index (κ3) is 8.30. The van der Waals surface area contributed by atoms with Crippen LogP contribution >= 0.6 is 23.4 Å². The minimum Gasteiger partial charge on any atom is -0.477 e. The van der Waals surface area contributed by atoms with Crippen molar-refractivity contribution < 1.29 is 9.90 Å². The van der Waals surface area contributed by atoms with Crippen molar-refractivity contribution in [3.05, 3.63) is 117 Å². The van der Waals surface area contributed by atoms with Crippen molar-refractivity contribution in [1.29, 1.82) is 0 Å². The zero-order valence-corrected chi connectivity index (χ0v) is 26.7. The van der Waals surface area contributed by atoms with Crippen LogP contribution in [0.1, 0.15) is 68.5 Å². The number of carbonyl (C=O) groups is 1. The molecule has 0 fully saturated rings. The second-order valence-electron chi connectivity index (χ2n) is 11.6. The summed E-state index contributed by atoms with van der Waals surface area (Å²) >= 11 is 7.43. The fourth-order valence-corrected chi connectivity index (χ4v) is 5.67. The number of rotatable bonds is 12. The number of nitrogens with zero attached hydrogens (tertiary/aromatic N) is 3. The maximum absolute atomic E-state index is 12.2. The van der Waals surface area contributed by atoms with Crippen molar-refractivity contribution in [1.82, 2.24) is 9.78 Å². The first-order chi connectivity index (χ1) is 20.0. The Morgan fingerprint density at radius 1 is 1.07 bits per heavy atom. The van der Waals surface area contributed by atoms with Gasteiger partial charge in [-0.2, -0.15) is 5.10 Å². The van der Waals surface area contributed by atoms with Gasteiger partial charge in [0.1, 0.15) is 0 Å². The SMILES string of the molecule is CCCCN(Cc1cnn(-c2ccc(Cl)cc2)c1C)c1cccc(C=C(SCc2ccc(C(C)(C)C)cc2)C(=O)O)c1. The van der Waals surface area contributed by atoms with E-state index in [9.17, 15) is 9.90 Å². The van der Waals surface area contributed by atoms with Crippen LogP contribution in [0.15, 0.2) is 83.9 Å². The van der Waals surface area contributed by atoms with Crippen molar-refractivity contribution in [2.75, 3.05) is 11.4 Å². The summed E-state index contributed by atoms with van der Waals surface area (Å²) in [5.41, 5.74) is 7.58. The van der Waals surface area contributed by atoms with Crippen molar-refractivity contribution in [2.24, 2.45) is 0 Å². The maximum Gasteiger partial charge on any atom is 0.342 e. The van der Waals surface area contributed by atoms with E-state index in [1.54, 1.807) is 6.08 Å². The molecule has 0 bridgehead atoms. The van der Waals surface area contributed by atoms with Crippen LogP contribution in [0.2, 0.25) is 5.02 Å². The maximum atomic E-state index is 12.2. The highest BCUT2D eigenvalue weighted by Crippen LogP contribution is 2.29. The summed E-state index contributed by atoms with van der Waals surface area (Å²) in [7, 11) is 0. The Balaban J connectivity index is 1.53. The van der Waals surface area contributed by atoms with E-state index in [1.807, 2.05) is 47.3 Å². The third-order valence-corrected chi connectivity index (χ3v) is 8.62. The molecule has 0 amide bonds. The van der Waals surface area contributed by atoms with E-state index in [-0.39, 0.29) is 5.41 Å². The molecule has 1 N–H and O–H groups in total. The average molecular weight is 602 g/mol. The van der Waals surface area contributed by atoms with Gasteiger partial charge in [0.15, 0.2) is 0 Å².